The lowest BCUT2D eigenvalue weighted by molar-refractivity contribution is 0.579. The number of benzene rings is 1. The Morgan fingerprint density at radius 3 is 2.41 bits per heavy atom. The standard InChI is InChI=1S/C15H20N2/c1-4-10-17-14(5-2)11-15(16-17)13-8-6-12(3)7-9-13/h6-9,11H,4-5,10H2,1-3H3. The molecule has 0 atom stereocenters. The molecule has 2 aromatic rings. The van der Waals surface area contributed by atoms with Crippen molar-refractivity contribution in [3.8, 4) is 11.3 Å². The van der Waals surface area contributed by atoms with Gasteiger partial charge in [0.25, 0.3) is 0 Å². The molecule has 90 valence electrons. The van der Waals surface area contributed by atoms with Gasteiger partial charge in [-0.25, -0.2) is 0 Å². The molecule has 17 heavy (non-hydrogen) atoms. The number of nitrogens with zero attached hydrogens (tertiary/aromatic N) is 2. The van der Waals surface area contributed by atoms with E-state index in [1.54, 1.807) is 0 Å². The lowest BCUT2D eigenvalue weighted by atomic mass is 10.1. The Kier molecular flexibility index (Phi) is 3.62. The molecule has 0 radical (unpaired) electrons. The third-order valence-corrected chi connectivity index (χ3v) is 3.01. The van der Waals surface area contributed by atoms with Crippen molar-refractivity contribution in [1.82, 2.24) is 9.78 Å². The Hall–Kier alpha value is -1.57. The lowest BCUT2D eigenvalue weighted by Crippen LogP contribution is -2.03. The van der Waals surface area contributed by atoms with E-state index in [-0.39, 0.29) is 0 Å². The van der Waals surface area contributed by atoms with Crippen molar-refractivity contribution >= 4 is 0 Å². The molecule has 0 aliphatic heterocycles. The lowest BCUT2D eigenvalue weighted by Gasteiger charge is -2.02. The molecule has 1 aromatic heterocycles. The van der Waals surface area contributed by atoms with Crippen molar-refractivity contribution in [2.75, 3.05) is 0 Å². The highest BCUT2D eigenvalue weighted by Gasteiger charge is 2.07. The van der Waals surface area contributed by atoms with Crippen LogP contribution in [0.25, 0.3) is 11.3 Å². The molecule has 1 heterocycles. The van der Waals surface area contributed by atoms with E-state index >= 15 is 0 Å². The molecule has 2 heteroatoms. The van der Waals surface area contributed by atoms with Crippen LogP contribution in [0.1, 0.15) is 31.5 Å². The van der Waals surface area contributed by atoms with Gasteiger partial charge in [0.2, 0.25) is 0 Å². The summed E-state index contributed by atoms with van der Waals surface area (Å²) in [4.78, 5) is 0. The van der Waals surface area contributed by atoms with E-state index in [0.29, 0.717) is 0 Å². The first-order valence-electron chi connectivity index (χ1n) is 6.38. The van der Waals surface area contributed by atoms with Crippen LogP contribution in [-0.2, 0) is 13.0 Å². The average Bonchev–Trinajstić information content (AvgIpc) is 2.74. The minimum atomic E-state index is 1.01. The van der Waals surface area contributed by atoms with Crippen molar-refractivity contribution < 1.29 is 0 Å². The van der Waals surface area contributed by atoms with Gasteiger partial charge >= 0.3 is 0 Å². The third kappa shape index (κ3) is 2.57. The van der Waals surface area contributed by atoms with Gasteiger partial charge in [-0.3, -0.25) is 4.68 Å². The van der Waals surface area contributed by atoms with E-state index in [1.807, 2.05) is 0 Å². The highest BCUT2D eigenvalue weighted by molar-refractivity contribution is 5.59. The number of hydrogen-bond donors (Lipinski definition) is 0. The summed E-state index contributed by atoms with van der Waals surface area (Å²) in [5, 5.41) is 4.69. The van der Waals surface area contributed by atoms with Gasteiger partial charge in [0.15, 0.2) is 0 Å². The largest absolute Gasteiger partial charge is 0.269 e. The summed E-state index contributed by atoms with van der Waals surface area (Å²) >= 11 is 0. The zero-order chi connectivity index (χ0) is 12.3. The molecule has 0 unspecified atom stereocenters. The van der Waals surface area contributed by atoms with Crippen LogP contribution >= 0.6 is 0 Å². The third-order valence-electron chi connectivity index (χ3n) is 3.01. The summed E-state index contributed by atoms with van der Waals surface area (Å²) in [6.45, 7) is 7.49. The van der Waals surface area contributed by atoms with Gasteiger partial charge in [-0.2, -0.15) is 5.10 Å². The quantitative estimate of drug-likeness (QED) is 0.777. The SMILES string of the molecule is CCCn1nc(-c2ccc(C)cc2)cc1CC. The van der Waals surface area contributed by atoms with E-state index in [9.17, 15) is 0 Å². The highest BCUT2D eigenvalue weighted by atomic mass is 15.3. The van der Waals surface area contributed by atoms with Crippen LogP contribution in [0.3, 0.4) is 0 Å². The fraction of sp³-hybridized carbons (Fsp3) is 0.400. The van der Waals surface area contributed by atoms with Crippen LogP contribution in [0.4, 0.5) is 0 Å². The Balaban J connectivity index is 2.35. The van der Waals surface area contributed by atoms with E-state index < -0.39 is 0 Å². The van der Waals surface area contributed by atoms with Crippen LogP contribution in [0.2, 0.25) is 0 Å². The van der Waals surface area contributed by atoms with Crippen molar-refractivity contribution in [3.63, 3.8) is 0 Å². The molecule has 2 rings (SSSR count). The normalized spacial score (nSPS) is 10.8. The molecule has 1 aromatic carbocycles. The molecule has 0 spiro atoms. The van der Waals surface area contributed by atoms with Gasteiger partial charge in [0, 0.05) is 17.8 Å². The molecular formula is C15H20N2. The monoisotopic (exact) mass is 228 g/mol. The zero-order valence-corrected chi connectivity index (χ0v) is 10.9. The maximum atomic E-state index is 4.69. The number of aryl methyl sites for hydroxylation is 3. The van der Waals surface area contributed by atoms with Crippen LogP contribution < -0.4 is 0 Å². The molecular weight excluding hydrogens is 208 g/mol. The molecule has 0 amide bonds. The van der Waals surface area contributed by atoms with Gasteiger partial charge in [0.05, 0.1) is 5.69 Å². The van der Waals surface area contributed by atoms with Crippen molar-refractivity contribution in [2.24, 2.45) is 0 Å². The summed E-state index contributed by atoms with van der Waals surface area (Å²) in [7, 11) is 0. The summed E-state index contributed by atoms with van der Waals surface area (Å²) in [5.74, 6) is 0. The summed E-state index contributed by atoms with van der Waals surface area (Å²) in [6.07, 6.45) is 2.17. The second kappa shape index (κ2) is 5.17. The molecule has 2 nitrogen and oxygen atoms in total. The average molecular weight is 228 g/mol. The number of aromatic nitrogens is 2. The Morgan fingerprint density at radius 1 is 1.12 bits per heavy atom. The number of hydrogen-bond acceptors (Lipinski definition) is 1. The van der Waals surface area contributed by atoms with Crippen LogP contribution in [0, 0.1) is 6.92 Å². The predicted molar refractivity (Wildman–Crippen MR) is 72.1 cm³/mol. The fourth-order valence-electron chi connectivity index (χ4n) is 2.01. The Labute approximate surface area is 103 Å². The van der Waals surface area contributed by atoms with Crippen LogP contribution in [0.5, 0.6) is 0 Å². The summed E-state index contributed by atoms with van der Waals surface area (Å²) in [6, 6.07) is 10.8. The van der Waals surface area contributed by atoms with Crippen LogP contribution in [0.15, 0.2) is 30.3 Å². The molecule has 0 fully saturated rings. The Bertz CT molecular complexity index is 480. The van der Waals surface area contributed by atoms with Crippen LogP contribution in [-0.4, -0.2) is 9.78 Å². The van der Waals surface area contributed by atoms with Gasteiger partial charge in [-0.15, -0.1) is 0 Å². The van der Waals surface area contributed by atoms with Crippen molar-refractivity contribution in [2.45, 2.75) is 40.2 Å². The first-order chi connectivity index (χ1) is 8.24. The molecule has 0 bridgehead atoms. The fourth-order valence-corrected chi connectivity index (χ4v) is 2.01. The topological polar surface area (TPSA) is 17.8 Å². The van der Waals surface area contributed by atoms with E-state index in [2.05, 4.69) is 60.9 Å². The van der Waals surface area contributed by atoms with Gasteiger partial charge in [0.1, 0.15) is 0 Å². The maximum Gasteiger partial charge on any atom is 0.0926 e. The predicted octanol–water partition coefficient (Wildman–Crippen LogP) is 3.83. The minimum Gasteiger partial charge on any atom is -0.269 e. The second-order valence-corrected chi connectivity index (χ2v) is 4.46. The van der Waals surface area contributed by atoms with E-state index in [1.165, 1.54) is 16.8 Å². The van der Waals surface area contributed by atoms with Gasteiger partial charge < -0.3 is 0 Å². The van der Waals surface area contributed by atoms with E-state index in [0.717, 1.165) is 25.1 Å². The molecule has 0 saturated carbocycles. The van der Waals surface area contributed by atoms with Gasteiger partial charge in [-0.05, 0) is 25.8 Å². The van der Waals surface area contributed by atoms with E-state index in [4.69, 9.17) is 0 Å². The maximum absolute atomic E-state index is 4.69. The first kappa shape index (κ1) is 11.9. The Morgan fingerprint density at radius 2 is 1.82 bits per heavy atom. The molecule has 0 saturated heterocycles. The molecule has 0 aliphatic rings. The first-order valence-corrected chi connectivity index (χ1v) is 6.38. The number of rotatable bonds is 4. The zero-order valence-electron chi connectivity index (χ0n) is 10.9. The summed E-state index contributed by atoms with van der Waals surface area (Å²) in [5.41, 5.74) is 4.91. The van der Waals surface area contributed by atoms with Crippen molar-refractivity contribution in [1.29, 1.82) is 0 Å². The minimum absolute atomic E-state index is 1.01. The smallest absolute Gasteiger partial charge is 0.0926 e. The second-order valence-electron chi connectivity index (χ2n) is 4.46. The highest BCUT2D eigenvalue weighted by Crippen LogP contribution is 2.20. The van der Waals surface area contributed by atoms with Crippen molar-refractivity contribution in [3.05, 3.63) is 41.6 Å². The summed E-state index contributed by atoms with van der Waals surface area (Å²) < 4.78 is 2.13. The molecule has 0 N–H and O–H groups in total. The molecule has 0 aliphatic carbocycles. The van der Waals surface area contributed by atoms with Gasteiger partial charge in [-0.1, -0.05) is 43.7 Å².